The summed E-state index contributed by atoms with van der Waals surface area (Å²) in [6.45, 7) is 2.20. The third kappa shape index (κ3) is 1.78. The molecule has 2 aromatic rings. The third-order valence-electron chi connectivity index (χ3n) is 3.12. The number of nitrogens with zero attached hydrogens (tertiary/aromatic N) is 1. The van der Waals surface area contributed by atoms with Crippen molar-refractivity contribution in [2.75, 3.05) is 5.75 Å². The van der Waals surface area contributed by atoms with Crippen molar-refractivity contribution in [1.82, 2.24) is 4.57 Å². The first-order valence-electron chi connectivity index (χ1n) is 5.39. The molecule has 0 fully saturated rings. The van der Waals surface area contributed by atoms with E-state index >= 15 is 0 Å². The van der Waals surface area contributed by atoms with Gasteiger partial charge in [0.1, 0.15) is 0 Å². The van der Waals surface area contributed by atoms with Crippen LogP contribution in [0.4, 0.5) is 0 Å². The highest BCUT2D eigenvalue weighted by molar-refractivity contribution is 7.80. The van der Waals surface area contributed by atoms with Gasteiger partial charge in [0.05, 0.1) is 0 Å². The number of thiol groups is 1. The maximum atomic E-state index is 4.28. The van der Waals surface area contributed by atoms with Crippen LogP contribution in [0.3, 0.4) is 0 Å². The number of aryl methyl sites for hydroxylation is 2. The zero-order valence-corrected chi connectivity index (χ0v) is 10.2. The molecule has 0 unspecified atom stereocenters. The summed E-state index contributed by atoms with van der Waals surface area (Å²) in [5.74, 6) is 0.961. The lowest BCUT2D eigenvalue weighted by molar-refractivity contribution is 0.871. The number of benzene rings is 1. The Balaban J connectivity index is 2.56. The second-order valence-corrected chi connectivity index (χ2v) is 4.41. The summed E-state index contributed by atoms with van der Waals surface area (Å²) in [6.07, 6.45) is 2.29. The summed E-state index contributed by atoms with van der Waals surface area (Å²) in [5.41, 5.74) is 4.21. The van der Waals surface area contributed by atoms with E-state index < -0.39 is 0 Å². The Bertz CT molecular complexity index is 471. The van der Waals surface area contributed by atoms with Gasteiger partial charge in [0.2, 0.25) is 0 Å². The Labute approximate surface area is 96.5 Å². The van der Waals surface area contributed by atoms with Crippen LogP contribution < -0.4 is 0 Å². The molecule has 0 bridgehead atoms. The number of hydrogen-bond acceptors (Lipinski definition) is 1. The summed E-state index contributed by atoms with van der Waals surface area (Å²) in [6, 6.07) is 8.62. The minimum absolute atomic E-state index is 0.961. The molecule has 0 radical (unpaired) electrons. The van der Waals surface area contributed by atoms with Gasteiger partial charge >= 0.3 is 0 Å². The average molecular weight is 219 g/mol. The molecule has 0 spiro atoms. The molecule has 2 rings (SSSR count). The zero-order chi connectivity index (χ0) is 10.8. The Morgan fingerprint density at radius 1 is 1.27 bits per heavy atom. The van der Waals surface area contributed by atoms with Gasteiger partial charge in [0, 0.05) is 23.6 Å². The molecule has 2 heteroatoms. The summed E-state index contributed by atoms with van der Waals surface area (Å²) in [7, 11) is 2.14. The highest BCUT2D eigenvalue weighted by Gasteiger charge is 2.09. The van der Waals surface area contributed by atoms with Gasteiger partial charge in [-0.2, -0.15) is 12.6 Å². The highest BCUT2D eigenvalue weighted by atomic mass is 32.1. The molecule has 80 valence electrons. The van der Waals surface area contributed by atoms with Crippen molar-refractivity contribution >= 4 is 23.5 Å². The van der Waals surface area contributed by atoms with E-state index in [2.05, 4.69) is 55.4 Å². The van der Waals surface area contributed by atoms with E-state index in [-0.39, 0.29) is 0 Å². The van der Waals surface area contributed by atoms with E-state index in [1.807, 2.05) is 0 Å². The van der Waals surface area contributed by atoms with E-state index in [1.54, 1.807) is 0 Å². The molecule has 1 heterocycles. The van der Waals surface area contributed by atoms with Gasteiger partial charge in [0.25, 0.3) is 0 Å². The molecule has 0 amide bonds. The van der Waals surface area contributed by atoms with Gasteiger partial charge in [-0.05, 0) is 37.1 Å². The highest BCUT2D eigenvalue weighted by Crippen LogP contribution is 2.25. The van der Waals surface area contributed by atoms with Gasteiger partial charge in [0.15, 0.2) is 0 Å². The number of hydrogen-bond donors (Lipinski definition) is 1. The predicted octanol–water partition coefficient (Wildman–Crippen LogP) is 3.35. The molecular formula is C13H17NS. The van der Waals surface area contributed by atoms with Crippen LogP contribution in [0.25, 0.3) is 10.9 Å². The summed E-state index contributed by atoms with van der Waals surface area (Å²) >= 11 is 4.28. The third-order valence-corrected chi connectivity index (χ3v) is 3.43. The largest absolute Gasteiger partial charge is 0.348 e. The number of rotatable bonds is 3. The summed E-state index contributed by atoms with van der Waals surface area (Å²) in [4.78, 5) is 0. The molecule has 1 aromatic heterocycles. The first kappa shape index (κ1) is 10.6. The molecule has 0 atom stereocenters. The van der Waals surface area contributed by atoms with Crippen LogP contribution in [-0.2, 0) is 13.5 Å². The van der Waals surface area contributed by atoms with Crippen LogP contribution in [0.2, 0.25) is 0 Å². The second-order valence-electron chi connectivity index (χ2n) is 3.97. The number of aromatic nitrogens is 1. The molecule has 1 aromatic carbocycles. The van der Waals surface area contributed by atoms with Gasteiger partial charge in [-0.15, -0.1) is 0 Å². The fourth-order valence-corrected chi connectivity index (χ4v) is 2.33. The molecule has 1 nitrogen and oxygen atoms in total. The maximum Gasteiger partial charge on any atom is 0.0482 e. The lowest BCUT2D eigenvalue weighted by Gasteiger charge is -2.00. The second kappa shape index (κ2) is 4.31. The Kier molecular flexibility index (Phi) is 3.06. The van der Waals surface area contributed by atoms with Crippen LogP contribution in [0.1, 0.15) is 17.7 Å². The van der Waals surface area contributed by atoms with Crippen molar-refractivity contribution in [2.45, 2.75) is 19.8 Å². The van der Waals surface area contributed by atoms with Crippen molar-refractivity contribution in [3.8, 4) is 0 Å². The molecule has 15 heavy (non-hydrogen) atoms. The number of fused-ring (bicyclic) bond motifs is 1. The molecule has 0 aliphatic carbocycles. The first-order valence-corrected chi connectivity index (χ1v) is 6.02. The Morgan fingerprint density at radius 2 is 2.00 bits per heavy atom. The lowest BCUT2D eigenvalue weighted by atomic mass is 10.1. The standard InChI is InChI=1S/C13H17NS/c1-10-11(7-5-9-15)12-6-3-4-8-13(12)14(10)2/h3-4,6,8,15H,5,7,9H2,1-2H3. The van der Waals surface area contributed by atoms with Crippen LogP contribution >= 0.6 is 12.6 Å². The molecule has 0 saturated heterocycles. The van der Waals surface area contributed by atoms with Gasteiger partial charge in [-0.3, -0.25) is 0 Å². The SMILES string of the molecule is Cc1c(CCCS)c2ccccc2n1C. The van der Waals surface area contributed by atoms with E-state index in [1.165, 1.54) is 22.2 Å². The maximum absolute atomic E-state index is 4.28. The minimum atomic E-state index is 0.961. The van der Waals surface area contributed by atoms with Gasteiger partial charge in [-0.1, -0.05) is 18.2 Å². The lowest BCUT2D eigenvalue weighted by Crippen LogP contribution is -1.93. The zero-order valence-electron chi connectivity index (χ0n) is 9.33. The normalized spacial score (nSPS) is 11.1. The van der Waals surface area contributed by atoms with Crippen molar-refractivity contribution in [3.63, 3.8) is 0 Å². The van der Waals surface area contributed by atoms with Crippen molar-refractivity contribution in [3.05, 3.63) is 35.5 Å². The molecule has 0 aliphatic heterocycles. The van der Waals surface area contributed by atoms with E-state index in [9.17, 15) is 0 Å². The Hall–Kier alpha value is -0.890. The monoisotopic (exact) mass is 219 g/mol. The van der Waals surface area contributed by atoms with E-state index in [0.29, 0.717) is 0 Å². The van der Waals surface area contributed by atoms with Crippen molar-refractivity contribution in [2.24, 2.45) is 7.05 Å². The van der Waals surface area contributed by atoms with Gasteiger partial charge in [-0.25, -0.2) is 0 Å². The van der Waals surface area contributed by atoms with Gasteiger partial charge < -0.3 is 4.57 Å². The molecule has 0 saturated carbocycles. The quantitative estimate of drug-likeness (QED) is 0.755. The fraction of sp³-hybridized carbons (Fsp3) is 0.385. The first-order chi connectivity index (χ1) is 7.25. The van der Waals surface area contributed by atoms with E-state index in [4.69, 9.17) is 0 Å². The molecule has 0 aliphatic rings. The molecule has 0 N–H and O–H groups in total. The van der Waals surface area contributed by atoms with Crippen LogP contribution in [-0.4, -0.2) is 10.3 Å². The molecular weight excluding hydrogens is 202 g/mol. The van der Waals surface area contributed by atoms with Crippen molar-refractivity contribution < 1.29 is 0 Å². The van der Waals surface area contributed by atoms with E-state index in [0.717, 1.165) is 18.6 Å². The average Bonchev–Trinajstić information content (AvgIpc) is 2.51. The number of para-hydroxylation sites is 1. The van der Waals surface area contributed by atoms with Crippen LogP contribution in [0.5, 0.6) is 0 Å². The Morgan fingerprint density at radius 3 is 2.73 bits per heavy atom. The van der Waals surface area contributed by atoms with Crippen LogP contribution in [0.15, 0.2) is 24.3 Å². The summed E-state index contributed by atoms with van der Waals surface area (Å²) < 4.78 is 2.28. The minimum Gasteiger partial charge on any atom is -0.348 e. The topological polar surface area (TPSA) is 4.93 Å². The fourth-order valence-electron chi connectivity index (χ4n) is 2.17. The smallest absolute Gasteiger partial charge is 0.0482 e. The summed E-state index contributed by atoms with van der Waals surface area (Å²) in [5, 5.41) is 1.40. The van der Waals surface area contributed by atoms with Crippen LogP contribution in [0, 0.1) is 6.92 Å². The predicted molar refractivity (Wildman–Crippen MR) is 69.8 cm³/mol. The van der Waals surface area contributed by atoms with Crippen molar-refractivity contribution in [1.29, 1.82) is 0 Å².